The highest BCUT2D eigenvalue weighted by Crippen LogP contribution is 2.25. The topological polar surface area (TPSA) is 129 Å². The average Bonchev–Trinajstić information content (AvgIpc) is 2.95. The van der Waals surface area contributed by atoms with Crippen LogP contribution >= 0.6 is 23.2 Å². The minimum atomic E-state index is -0.234. The summed E-state index contributed by atoms with van der Waals surface area (Å²) in [4.78, 5) is 25.7. The van der Waals surface area contributed by atoms with Gasteiger partial charge in [0, 0.05) is 22.0 Å². The van der Waals surface area contributed by atoms with Crippen LogP contribution < -0.4 is 21.5 Å². The zero-order chi connectivity index (χ0) is 27.7. The predicted octanol–water partition coefficient (Wildman–Crippen LogP) is 6.60. The number of aromatic nitrogens is 3. The first kappa shape index (κ1) is 26.5. The van der Waals surface area contributed by atoms with Crippen LogP contribution in [0.25, 0.3) is 0 Å². The summed E-state index contributed by atoms with van der Waals surface area (Å²) in [5, 5.41) is 15.7. The molecule has 5 rings (SSSR count). The fraction of sp³-hybridized carbons (Fsp3) is 0. The average molecular weight is 570 g/mol. The molecule has 4 aromatic rings. The van der Waals surface area contributed by atoms with E-state index in [-0.39, 0.29) is 11.7 Å². The Bertz CT molecular complexity index is 1580. The fourth-order valence-corrected chi connectivity index (χ4v) is 3.86. The Morgan fingerprint density at radius 3 is 1.98 bits per heavy atom. The third kappa shape index (κ3) is 7.28. The lowest BCUT2D eigenvalue weighted by molar-refractivity contribution is -0.110. The normalized spacial score (nSPS) is 13.8. The van der Waals surface area contributed by atoms with Gasteiger partial charge in [-0.2, -0.15) is 25.2 Å². The van der Waals surface area contributed by atoms with Crippen LogP contribution in [0.2, 0.25) is 10.0 Å². The van der Waals surface area contributed by atoms with E-state index in [2.05, 4.69) is 46.6 Å². The van der Waals surface area contributed by atoms with Gasteiger partial charge < -0.3 is 10.6 Å². The van der Waals surface area contributed by atoms with Crippen molar-refractivity contribution in [3.05, 3.63) is 113 Å². The van der Waals surface area contributed by atoms with Crippen LogP contribution in [0.15, 0.2) is 113 Å². The molecular formula is C28H21Cl2N9O. The Hall–Kier alpha value is -5.06. The summed E-state index contributed by atoms with van der Waals surface area (Å²) in [5.74, 6) is 0.530. The number of para-hydroxylation sites is 2. The number of allylic oxidation sites excluding steroid dienone is 4. The summed E-state index contributed by atoms with van der Waals surface area (Å²) < 4.78 is 0. The van der Waals surface area contributed by atoms with E-state index in [9.17, 15) is 4.79 Å². The van der Waals surface area contributed by atoms with E-state index < -0.39 is 0 Å². The van der Waals surface area contributed by atoms with Crippen LogP contribution in [0.5, 0.6) is 0 Å². The molecule has 1 heterocycles. The van der Waals surface area contributed by atoms with E-state index in [1.807, 2.05) is 60.7 Å². The lowest BCUT2D eigenvalue weighted by Gasteiger charge is -2.10. The lowest BCUT2D eigenvalue weighted by atomic mass is 10.0. The molecule has 0 aliphatic heterocycles. The number of hydrogen-bond donors (Lipinski definition) is 4. The summed E-state index contributed by atoms with van der Waals surface area (Å²) in [6.07, 6.45) is 5.94. The summed E-state index contributed by atoms with van der Waals surface area (Å²) >= 11 is 12.1. The van der Waals surface area contributed by atoms with Gasteiger partial charge in [-0.3, -0.25) is 10.2 Å². The number of anilines is 6. The molecule has 1 aliphatic rings. The quantitative estimate of drug-likeness (QED) is 0.101. The second-order valence-electron chi connectivity index (χ2n) is 8.23. The maximum absolute atomic E-state index is 12.4. The van der Waals surface area contributed by atoms with Crippen LogP contribution in [-0.4, -0.2) is 32.7 Å². The molecule has 0 radical (unpaired) electrons. The van der Waals surface area contributed by atoms with Crippen LogP contribution in [-0.2, 0) is 4.79 Å². The second kappa shape index (κ2) is 12.7. The number of halogens is 2. The number of benzene rings is 3. The molecule has 4 N–H and O–H groups in total. The molecule has 1 aromatic heterocycles. The van der Waals surface area contributed by atoms with Gasteiger partial charge in [-0.05, 0) is 60.7 Å². The largest absolute Gasteiger partial charge is 0.324 e. The van der Waals surface area contributed by atoms with E-state index in [0.29, 0.717) is 38.9 Å². The number of nitrogens with zero attached hydrogens (tertiary/aromatic N) is 5. The molecule has 12 heteroatoms. The molecule has 0 unspecified atom stereocenters. The molecule has 0 saturated heterocycles. The van der Waals surface area contributed by atoms with Crippen LogP contribution in [0.4, 0.5) is 34.9 Å². The van der Waals surface area contributed by atoms with Crippen molar-refractivity contribution >= 4 is 75.8 Å². The monoisotopic (exact) mass is 569 g/mol. The van der Waals surface area contributed by atoms with Crippen molar-refractivity contribution in [1.29, 1.82) is 0 Å². The number of hydrazone groups is 2. The van der Waals surface area contributed by atoms with Crippen LogP contribution in [0.3, 0.4) is 0 Å². The van der Waals surface area contributed by atoms with Crippen molar-refractivity contribution in [1.82, 2.24) is 15.0 Å². The molecule has 0 atom stereocenters. The Morgan fingerprint density at radius 1 is 0.725 bits per heavy atom. The minimum Gasteiger partial charge on any atom is -0.324 e. The summed E-state index contributed by atoms with van der Waals surface area (Å²) in [5.41, 5.74) is 8.62. The first-order valence-electron chi connectivity index (χ1n) is 11.9. The van der Waals surface area contributed by atoms with Gasteiger partial charge in [0.1, 0.15) is 0 Å². The maximum Gasteiger partial charge on any atom is 0.250 e. The second-order valence-corrected chi connectivity index (χ2v) is 9.07. The Balaban J connectivity index is 1.33. The number of nitrogens with one attached hydrogen (secondary N) is 4. The van der Waals surface area contributed by atoms with Crippen molar-refractivity contribution in [2.24, 2.45) is 10.2 Å². The standard InChI is InChI=1S/C28H21Cl2N9O/c29-19-11-13-24(23(30)16-19)38-37-22-12-14-25(40)18(15-22)17-31-39-28-35-26(32-20-7-3-1-4-8-20)34-27(36-28)33-21-9-5-2-6-10-21/h1-17,38H,(H3,32,33,34,35,36,39). The van der Waals surface area contributed by atoms with Crippen molar-refractivity contribution in [2.75, 3.05) is 21.5 Å². The summed E-state index contributed by atoms with van der Waals surface area (Å²) in [6.45, 7) is 0. The van der Waals surface area contributed by atoms with Gasteiger partial charge in [0.2, 0.25) is 17.8 Å². The summed E-state index contributed by atoms with van der Waals surface area (Å²) in [6, 6.07) is 24.0. The third-order valence-electron chi connectivity index (χ3n) is 5.29. The maximum atomic E-state index is 12.4. The van der Waals surface area contributed by atoms with Gasteiger partial charge in [0.15, 0.2) is 5.78 Å². The van der Waals surface area contributed by atoms with Crippen molar-refractivity contribution in [3.8, 4) is 0 Å². The molecule has 1 aliphatic carbocycles. The number of hydrogen-bond acceptors (Lipinski definition) is 10. The van der Waals surface area contributed by atoms with Gasteiger partial charge in [-0.15, -0.1) is 0 Å². The molecule has 0 amide bonds. The first-order valence-corrected chi connectivity index (χ1v) is 12.7. The third-order valence-corrected chi connectivity index (χ3v) is 5.84. The SMILES string of the molecule is O=C1C=CC(=NNc2ccc(Cl)cc2Cl)C=C1C=NNc1nc(Nc2ccccc2)nc(Nc2ccccc2)n1. The van der Waals surface area contributed by atoms with Crippen molar-refractivity contribution < 1.29 is 4.79 Å². The minimum absolute atomic E-state index is 0.162. The highest BCUT2D eigenvalue weighted by atomic mass is 35.5. The Kier molecular flexibility index (Phi) is 8.40. The molecule has 40 heavy (non-hydrogen) atoms. The Morgan fingerprint density at radius 2 is 1.35 bits per heavy atom. The lowest BCUT2D eigenvalue weighted by Crippen LogP contribution is -2.11. The number of carbonyl (C=O) groups excluding carboxylic acids is 1. The molecule has 3 aromatic carbocycles. The number of carbonyl (C=O) groups is 1. The van der Waals surface area contributed by atoms with Gasteiger partial charge in [-0.1, -0.05) is 59.6 Å². The molecule has 0 spiro atoms. The number of rotatable bonds is 9. The fourth-order valence-electron chi connectivity index (χ4n) is 3.41. The van der Waals surface area contributed by atoms with Crippen LogP contribution in [0.1, 0.15) is 0 Å². The molecular weight excluding hydrogens is 549 g/mol. The first-order chi connectivity index (χ1) is 19.5. The highest BCUT2D eigenvalue weighted by molar-refractivity contribution is 6.36. The molecule has 0 bridgehead atoms. The predicted molar refractivity (Wildman–Crippen MR) is 161 cm³/mol. The van der Waals surface area contributed by atoms with E-state index >= 15 is 0 Å². The number of ketones is 1. The molecule has 0 fully saturated rings. The van der Waals surface area contributed by atoms with Gasteiger partial charge in [0.25, 0.3) is 0 Å². The van der Waals surface area contributed by atoms with E-state index in [1.54, 1.807) is 30.4 Å². The molecule has 198 valence electrons. The zero-order valence-electron chi connectivity index (χ0n) is 20.7. The smallest absolute Gasteiger partial charge is 0.250 e. The van der Waals surface area contributed by atoms with Crippen molar-refractivity contribution in [3.63, 3.8) is 0 Å². The van der Waals surface area contributed by atoms with Crippen LogP contribution in [0, 0.1) is 0 Å². The van der Waals surface area contributed by atoms with Gasteiger partial charge in [0.05, 0.1) is 22.6 Å². The van der Waals surface area contributed by atoms with E-state index in [1.165, 1.54) is 12.3 Å². The van der Waals surface area contributed by atoms with Gasteiger partial charge in [-0.25, -0.2) is 5.43 Å². The van der Waals surface area contributed by atoms with E-state index in [0.717, 1.165) is 11.4 Å². The molecule has 0 saturated carbocycles. The highest BCUT2D eigenvalue weighted by Gasteiger charge is 2.12. The van der Waals surface area contributed by atoms with Gasteiger partial charge >= 0.3 is 0 Å². The summed E-state index contributed by atoms with van der Waals surface area (Å²) in [7, 11) is 0. The molecule has 10 nitrogen and oxygen atoms in total. The van der Waals surface area contributed by atoms with Crippen molar-refractivity contribution in [2.45, 2.75) is 0 Å². The zero-order valence-corrected chi connectivity index (χ0v) is 22.2. The van der Waals surface area contributed by atoms with E-state index in [4.69, 9.17) is 23.2 Å². The Labute approximate surface area is 239 Å².